The molecule has 1 aliphatic heterocycles. The zero-order chi connectivity index (χ0) is 22.6. The van der Waals surface area contributed by atoms with Crippen LogP contribution in [-0.2, 0) is 19.8 Å². The molecule has 2 aromatic rings. The first-order valence-electron chi connectivity index (χ1n) is 10.1. The number of halogens is 3. The van der Waals surface area contributed by atoms with Crippen LogP contribution in [0.2, 0.25) is 0 Å². The molecule has 0 atom stereocenters. The highest BCUT2D eigenvalue weighted by Gasteiger charge is 2.39. The first-order chi connectivity index (χ1) is 14.7. The summed E-state index contributed by atoms with van der Waals surface area (Å²) in [6.07, 6.45) is -4.59. The predicted molar refractivity (Wildman–Crippen MR) is 111 cm³/mol. The van der Waals surface area contributed by atoms with E-state index in [1.165, 1.54) is 7.05 Å². The fraction of sp³-hybridized carbons (Fsp3) is 0.524. The van der Waals surface area contributed by atoms with Crippen molar-refractivity contribution in [3.05, 3.63) is 41.2 Å². The van der Waals surface area contributed by atoms with Gasteiger partial charge in [-0.3, -0.25) is 9.58 Å². The molecule has 0 saturated carbocycles. The number of hydrogen-bond acceptors (Lipinski definition) is 6. The van der Waals surface area contributed by atoms with Gasteiger partial charge in [0.15, 0.2) is 5.69 Å². The number of likely N-dealkylation sites (N-methyl/N-ethyl adjacent to an activating group) is 1. The maximum atomic E-state index is 13.4. The number of anilines is 1. The molecule has 2 heterocycles. The van der Waals surface area contributed by atoms with Gasteiger partial charge >= 0.3 is 6.18 Å². The number of alkyl halides is 3. The van der Waals surface area contributed by atoms with Gasteiger partial charge in [-0.1, -0.05) is 12.1 Å². The van der Waals surface area contributed by atoms with Gasteiger partial charge in [0.1, 0.15) is 24.1 Å². The molecule has 3 rings (SSSR count). The second kappa shape index (κ2) is 9.58. The molecule has 0 spiro atoms. The van der Waals surface area contributed by atoms with Crippen molar-refractivity contribution >= 4 is 5.69 Å². The smallest absolute Gasteiger partial charge is 0.435 e. The van der Waals surface area contributed by atoms with Crippen LogP contribution in [0.1, 0.15) is 17.0 Å². The summed E-state index contributed by atoms with van der Waals surface area (Å²) in [6, 6.07) is 9.66. The van der Waals surface area contributed by atoms with Crippen molar-refractivity contribution in [3.63, 3.8) is 0 Å². The summed E-state index contributed by atoms with van der Waals surface area (Å²) in [7, 11) is 5.33. The Morgan fingerprint density at radius 3 is 2.45 bits per heavy atom. The molecule has 7 nitrogen and oxygen atoms in total. The largest absolute Gasteiger partial charge is 0.490 e. The molecule has 1 aliphatic rings. The first-order valence-corrected chi connectivity index (χ1v) is 10.1. The molecule has 168 valence electrons. The van der Waals surface area contributed by atoms with E-state index in [0.717, 1.165) is 22.7 Å². The average Bonchev–Trinajstić information content (AvgIpc) is 3.04. The molecule has 1 aromatic carbocycles. The SMILES string of the molecule is CN(C)CCOc1ccccc1N1CCN(Cc2c(C(F)(F)F)nn(C)c2C#N)CC1. The monoisotopic (exact) mass is 436 g/mol. The molecule has 1 saturated heterocycles. The van der Waals surface area contributed by atoms with E-state index in [9.17, 15) is 18.4 Å². The maximum Gasteiger partial charge on any atom is 0.435 e. The summed E-state index contributed by atoms with van der Waals surface area (Å²) in [4.78, 5) is 6.16. The highest BCUT2D eigenvalue weighted by Crippen LogP contribution is 2.34. The van der Waals surface area contributed by atoms with E-state index in [4.69, 9.17) is 4.74 Å². The van der Waals surface area contributed by atoms with Crippen LogP contribution in [0.5, 0.6) is 5.75 Å². The van der Waals surface area contributed by atoms with E-state index in [0.29, 0.717) is 32.8 Å². The zero-order valence-corrected chi connectivity index (χ0v) is 18.0. The lowest BCUT2D eigenvalue weighted by Gasteiger charge is -2.36. The van der Waals surface area contributed by atoms with Crippen LogP contribution in [0.15, 0.2) is 24.3 Å². The van der Waals surface area contributed by atoms with Gasteiger partial charge < -0.3 is 14.5 Å². The Labute approximate surface area is 180 Å². The second-order valence-corrected chi connectivity index (χ2v) is 7.79. The molecule has 0 radical (unpaired) electrons. The molecule has 31 heavy (non-hydrogen) atoms. The third-order valence-corrected chi connectivity index (χ3v) is 5.28. The number of piperazine rings is 1. The molecule has 0 aliphatic carbocycles. The Morgan fingerprint density at radius 2 is 1.84 bits per heavy atom. The molecular formula is C21H27F3N6O. The van der Waals surface area contributed by atoms with Crippen LogP contribution in [0.25, 0.3) is 0 Å². The van der Waals surface area contributed by atoms with Gasteiger partial charge in [0.2, 0.25) is 0 Å². The van der Waals surface area contributed by atoms with Gasteiger partial charge in [-0.25, -0.2) is 0 Å². The molecule has 10 heteroatoms. The van der Waals surface area contributed by atoms with Gasteiger partial charge in [0, 0.05) is 51.9 Å². The minimum Gasteiger partial charge on any atom is -0.490 e. The lowest BCUT2D eigenvalue weighted by Crippen LogP contribution is -2.46. The van der Waals surface area contributed by atoms with Crippen molar-refractivity contribution in [3.8, 4) is 11.8 Å². The van der Waals surface area contributed by atoms with E-state index in [1.807, 2.05) is 54.2 Å². The molecule has 0 amide bonds. The number of nitriles is 1. The number of nitrogens with zero attached hydrogens (tertiary/aromatic N) is 6. The molecule has 0 N–H and O–H groups in total. The minimum atomic E-state index is -4.59. The third kappa shape index (κ3) is 5.48. The Hall–Kier alpha value is -2.77. The summed E-state index contributed by atoms with van der Waals surface area (Å²) < 4.78 is 47.1. The van der Waals surface area contributed by atoms with Gasteiger partial charge in [-0.15, -0.1) is 0 Å². The van der Waals surface area contributed by atoms with E-state index in [-0.39, 0.29) is 17.8 Å². The molecule has 0 unspecified atom stereocenters. The van der Waals surface area contributed by atoms with Crippen molar-refractivity contribution in [2.45, 2.75) is 12.7 Å². The number of aryl methyl sites for hydroxylation is 1. The highest BCUT2D eigenvalue weighted by molar-refractivity contribution is 5.58. The fourth-order valence-corrected chi connectivity index (χ4v) is 3.63. The minimum absolute atomic E-state index is 0.0421. The Bertz CT molecular complexity index is 926. The molecule has 1 aromatic heterocycles. The predicted octanol–water partition coefficient (Wildman–Crippen LogP) is 2.57. The zero-order valence-electron chi connectivity index (χ0n) is 18.0. The highest BCUT2D eigenvalue weighted by atomic mass is 19.4. The molecule has 0 bridgehead atoms. The fourth-order valence-electron chi connectivity index (χ4n) is 3.63. The number of aromatic nitrogens is 2. The second-order valence-electron chi connectivity index (χ2n) is 7.79. The standard InChI is InChI=1S/C21H27F3N6O/c1-27(2)12-13-31-19-7-5-4-6-17(19)30-10-8-29(9-11-30)15-16-18(14-25)28(3)26-20(16)21(22,23)24/h4-7H,8-13,15H2,1-3H3. The van der Waals surface area contributed by atoms with E-state index < -0.39 is 11.9 Å². The van der Waals surface area contributed by atoms with Crippen LogP contribution in [0, 0.1) is 11.3 Å². The molecular weight excluding hydrogens is 409 g/mol. The number of benzene rings is 1. The third-order valence-electron chi connectivity index (χ3n) is 5.28. The van der Waals surface area contributed by atoms with Crippen molar-refractivity contribution in [1.82, 2.24) is 19.6 Å². The number of rotatable bonds is 7. The van der Waals surface area contributed by atoms with Gasteiger partial charge in [0.25, 0.3) is 0 Å². The summed E-state index contributed by atoms with van der Waals surface area (Å²) >= 11 is 0. The maximum absolute atomic E-state index is 13.4. The number of hydrogen-bond donors (Lipinski definition) is 0. The van der Waals surface area contributed by atoms with E-state index >= 15 is 0 Å². The van der Waals surface area contributed by atoms with Crippen LogP contribution in [-0.4, -0.2) is 73.0 Å². The molecule has 1 fully saturated rings. The summed E-state index contributed by atoms with van der Waals surface area (Å²) in [6.45, 7) is 3.86. The van der Waals surface area contributed by atoms with Crippen molar-refractivity contribution in [2.75, 3.05) is 58.3 Å². The van der Waals surface area contributed by atoms with E-state index in [2.05, 4.69) is 10.00 Å². The van der Waals surface area contributed by atoms with Gasteiger partial charge in [-0.2, -0.15) is 23.5 Å². The normalized spacial score (nSPS) is 15.4. The lowest BCUT2D eigenvalue weighted by molar-refractivity contribution is -0.142. The van der Waals surface area contributed by atoms with Crippen molar-refractivity contribution in [2.24, 2.45) is 7.05 Å². The van der Waals surface area contributed by atoms with Crippen LogP contribution in [0.3, 0.4) is 0 Å². The first kappa shape index (κ1) is 22.9. The Balaban J connectivity index is 1.67. The topological polar surface area (TPSA) is 60.6 Å². The van der Waals surface area contributed by atoms with Gasteiger partial charge in [-0.05, 0) is 26.2 Å². The van der Waals surface area contributed by atoms with Crippen molar-refractivity contribution in [1.29, 1.82) is 5.26 Å². The Morgan fingerprint density at radius 1 is 1.16 bits per heavy atom. The van der Waals surface area contributed by atoms with Crippen LogP contribution >= 0.6 is 0 Å². The number of para-hydroxylation sites is 2. The summed E-state index contributed by atoms with van der Waals surface area (Å²) in [5.41, 5.74) is -0.0997. The quantitative estimate of drug-likeness (QED) is 0.665. The van der Waals surface area contributed by atoms with Gasteiger partial charge in [0.05, 0.1) is 5.69 Å². The summed E-state index contributed by atoms with van der Waals surface area (Å²) in [5.74, 6) is 0.802. The van der Waals surface area contributed by atoms with Crippen LogP contribution < -0.4 is 9.64 Å². The lowest BCUT2D eigenvalue weighted by atomic mass is 10.1. The van der Waals surface area contributed by atoms with E-state index in [1.54, 1.807) is 0 Å². The van der Waals surface area contributed by atoms with Crippen LogP contribution in [0.4, 0.5) is 18.9 Å². The average molecular weight is 436 g/mol. The van der Waals surface area contributed by atoms with Crippen molar-refractivity contribution < 1.29 is 17.9 Å². The Kier molecular flexibility index (Phi) is 7.08. The number of ether oxygens (including phenoxy) is 1. The summed E-state index contributed by atoms with van der Waals surface area (Å²) in [5, 5.41) is 12.9.